The molecule has 0 radical (unpaired) electrons. The van der Waals surface area contributed by atoms with Crippen LogP contribution in [0.3, 0.4) is 0 Å². The fourth-order valence-electron chi connectivity index (χ4n) is 9.81. The predicted octanol–water partition coefficient (Wildman–Crippen LogP) is 6.25. The number of aromatic hydroxyl groups is 1. The third-order valence-electron chi connectivity index (χ3n) is 12.7. The van der Waals surface area contributed by atoms with Crippen LogP contribution >= 0.6 is 0 Å². The summed E-state index contributed by atoms with van der Waals surface area (Å²) in [5.41, 5.74) is -0.995. The molecular formula is C44H50F3N7O4. The Morgan fingerprint density at radius 1 is 1.14 bits per heavy atom. The molecule has 2 aromatic carbocycles. The third-order valence-corrected chi connectivity index (χ3v) is 12.7. The minimum atomic E-state index is -1.03. The molecule has 11 nitrogen and oxygen atoms in total. The molecule has 306 valence electrons. The first-order chi connectivity index (χ1) is 28.0. The molecule has 4 saturated heterocycles. The maximum absolute atomic E-state index is 17.1. The highest BCUT2D eigenvalue weighted by molar-refractivity contribution is 6.03. The number of alkyl halides is 1. The number of likely N-dealkylation sites (N-methyl/N-ethyl adjacent to an activating group) is 1. The number of ether oxygens (including phenoxy) is 2. The molecule has 4 aliphatic rings. The van der Waals surface area contributed by atoms with Crippen molar-refractivity contribution in [3.63, 3.8) is 0 Å². The smallest absolute Gasteiger partial charge is 0.319 e. The molecule has 58 heavy (non-hydrogen) atoms. The Morgan fingerprint density at radius 3 is 2.66 bits per heavy atom. The number of nitrogens with zero attached hydrogens (tertiary/aromatic N) is 7. The molecule has 0 saturated carbocycles. The van der Waals surface area contributed by atoms with E-state index in [2.05, 4.69) is 32.3 Å². The van der Waals surface area contributed by atoms with Crippen molar-refractivity contribution in [1.29, 1.82) is 0 Å². The molecule has 0 unspecified atom stereocenters. The van der Waals surface area contributed by atoms with Crippen LogP contribution in [0.2, 0.25) is 0 Å². The maximum Gasteiger partial charge on any atom is 0.319 e. The zero-order chi connectivity index (χ0) is 40.7. The van der Waals surface area contributed by atoms with Crippen LogP contribution in [0.25, 0.3) is 32.9 Å². The van der Waals surface area contributed by atoms with Gasteiger partial charge in [-0.05, 0) is 88.2 Å². The minimum Gasteiger partial charge on any atom is -0.508 e. The van der Waals surface area contributed by atoms with E-state index in [1.165, 1.54) is 36.5 Å². The van der Waals surface area contributed by atoms with Crippen LogP contribution in [0.15, 0.2) is 43.1 Å². The number of halogens is 3. The van der Waals surface area contributed by atoms with Gasteiger partial charge < -0.3 is 29.3 Å². The van der Waals surface area contributed by atoms with E-state index < -0.39 is 23.3 Å². The number of benzene rings is 2. The monoisotopic (exact) mass is 797 g/mol. The number of phenols is 1. The molecule has 8 rings (SSSR count). The molecule has 0 spiro atoms. The summed E-state index contributed by atoms with van der Waals surface area (Å²) in [5, 5.41) is 11.6. The highest BCUT2D eigenvalue weighted by Gasteiger charge is 2.47. The fraction of sp³-hybridized carbons (Fsp3) is 0.500. The number of anilines is 1. The van der Waals surface area contributed by atoms with Gasteiger partial charge in [-0.1, -0.05) is 18.6 Å². The lowest BCUT2D eigenvalue weighted by Crippen LogP contribution is -2.55. The second kappa shape index (κ2) is 16.4. The minimum absolute atomic E-state index is 0.0636. The number of terminal acetylenes is 1. The number of phenolic OH excluding ortho intramolecular Hbond substituents is 1. The van der Waals surface area contributed by atoms with Crippen molar-refractivity contribution < 1.29 is 32.5 Å². The molecule has 0 bridgehead atoms. The van der Waals surface area contributed by atoms with Crippen LogP contribution in [0.4, 0.5) is 19.0 Å². The van der Waals surface area contributed by atoms with Gasteiger partial charge in [0.25, 0.3) is 0 Å². The molecule has 6 heterocycles. The third kappa shape index (κ3) is 7.55. The molecule has 0 aliphatic carbocycles. The lowest BCUT2D eigenvalue weighted by molar-refractivity contribution is -0.126. The van der Waals surface area contributed by atoms with Crippen molar-refractivity contribution >= 4 is 33.4 Å². The topological polar surface area (TPSA) is 107 Å². The summed E-state index contributed by atoms with van der Waals surface area (Å²) in [4.78, 5) is 35.0. The van der Waals surface area contributed by atoms with Gasteiger partial charge in [-0.25, -0.2) is 13.2 Å². The van der Waals surface area contributed by atoms with Crippen LogP contribution in [0.1, 0.15) is 57.4 Å². The average molecular weight is 798 g/mol. The first-order valence-corrected chi connectivity index (χ1v) is 20.3. The maximum atomic E-state index is 17.1. The largest absolute Gasteiger partial charge is 0.508 e. The van der Waals surface area contributed by atoms with Gasteiger partial charge >= 0.3 is 6.01 Å². The van der Waals surface area contributed by atoms with E-state index in [-0.39, 0.29) is 75.9 Å². The van der Waals surface area contributed by atoms with E-state index in [0.29, 0.717) is 36.9 Å². The quantitative estimate of drug-likeness (QED) is 0.146. The molecular weight excluding hydrogens is 748 g/mol. The van der Waals surface area contributed by atoms with E-state index in [4.69, 9.17) is 20.9 Å². The Morgan fingerprint density at radius 2 is 1.91 bits per heavy atom. The van der Waals surface area contributed by atoms with Gasteiger partial charge in [0.1, 0.15) is 41.4 Å². The van der Waals surface area contributed by atoms with Gasteiger partial charge in [0.2, 0.25) is 5.91 Å². The van der Waals surface area contributed by atoms with Crippen molar-refractivity contribution in [1.82, 2.24) is 29.7 Å². The Bertz CT molecular complexity index is 2260. The Kier molecular flexibility index (Phi) is 11.2. The molecule has 14 heteroatoms. The van der Waals surface area contributed by atoms with Gasteiger partial charge in [0, 0.05) is 81.6 Å². The van der Waals surface area contributed by atoms with Gasteiger partial charge in [0.05, 0.1) is 16.5 Å². The van der Waals surface area contributed by atoms with Gasteiger partial charge in [0.15, 0.2) is 5.82 Å². The zero-order valence-electron chi connectivity index (χ0n) is 33.1. The molecule has 4 aliphatic heterocycles. The summed E-state index contributed by atoms with van der Waals surface area (Å²) in [7, 11) is 1.80. The Balaban J connectivity index is 1.14. The zero-order valence-corrected chi connectivity index (χ0v) is 33.1. The van der Waals surface area contributed by atoms with Crippen molar-refractivity contribution in [2.24, 2.45) is 0 Å². The van der Waals surface area contributed by atoms with Crippen molar-refractivity contribution in [3.05, 3.63) is 60.3 Å². The van der Waals surface area contributed by atoms with Crippen LogP contribution in [-0.4, -0.2) is 130 Å². The van der Waals surface area contributed by atoms with Crippen LogP contribution in [-0.2, 0) is 9.53 Å². The number of rotatable bonds is 10. The van der Waals surface area contributed by atoms with Crippen LogP contribution < -0.4 is 9.64 Å². The summed E-state index contributed by atoms with van der Waals surface area (Å²) in [6, 6.07) is 5.83. The fourth-order valence-corrected chi connectivity index (χ4v) is 9.81. The normalized spacial score (nSPS) is 23.8. The Labute approximate surface area is 336 Å². The van der Waals surface area contributed by atoms with Gasteiger partial charge in [-0.2, -0.15) is 9.97 Å². The number of carbonyl (C=O) groups excluding carboxylic acids is 1. The van der Waals surface area contributed by atoms with E-state index in [9.17, 15) is 9.90 Å². The number of aromatic nitrogens is 3. The number of hydrogen-bond acceptors (Lipinski definition) is 10. The van der Waals surface area contributed by atoms with E-state index in [1.807, 2.05) is 11.8 Å². The number of amides is 1. The predicted molar refractivity (Wildman–Crippen MR) is 217 cm³/mol. The highest BCUT2D eigenvalue weighted by atomic mass is 19.1. The molecule has 3 atom stereocenters. The summed E-state index contributed by atoms with van der Waals surface area (Å²) in [6.07, 6.45) is 13.2. The number of piperidine rings is 1. The first-order valence-electron chi connectivity index (χ1n) is 20.3. The number of carbonyl (C=O) groups is 1. The first kappa shape index (κ1) is 39.8. The molecule has 4 fully saturated rings. The van der Waals surface area contributed by atoms with E-state index in [0.717, 1.165) is 64.8 Å². The van der Waals surface area contributed by atoms with E-state index in [1.54, 1.807) is 11.9 Å². The van der Waals surface area contributed by atoms with Crippen LogP contribution in [0.5, 0.6) is 11.8 Å². The number of likely N-dealkylation sites (tertiary alicyclic amines) is 3. The van der Waals surface area contributed by atoms with Gasteiger partial charge in [-0.3, -0.25) is 14.7 Å². The van der Waals surface area contributed by atoms with Crippen molar-refractivity contribution in [2.45, 2.75) is 81.7 Å². The molecule has 1 N–H and O–H groups in total. The SMILES string of the molecule is C#Cc1c(F)ccc2cc(O)cc(-c3ncc4c(N(C)C[C@@H]5CCCN5C(=O)C=C)nc(OC[C@]5(C)C[C@@H](F)CN5C5CCN(C6CCOCC6)CC5)nc4c3F)c12. The molecule has 2 aromatic heterocycles. The lowest BCUT2D eigenvalue weighted by atomic mass is 9.93. The number of fused-ring (bicyclic) bond motifs is 2. The van der Waals surface area contributed by atoms with E-state index >= 15 is 13.2 Å². The van der Waals surface area contributed by atoms with Gasteiger partial charge in [-0.15, -0.1) is 6.42 Å². The number of pyridine rings is 1. The standard InChI is InChI=1S/C44H50F3N7O4/c1-5-33-36(46)10-9-27-20-32(55)21-34(38(27)33)40-39(47)41-35(23-48-40)42(51(4)25-31-8-7-15-53(31)37(56)6-2)50-43(49-41)58-26-44(3)22-28(45)24-54(44)30-11-16-52(17-12-30)29-13-18-57-19-14-29/h1,6,9-10,20-21,23,28-31,55H,2,7-8,11-19,22,24-26H2,3-4H3/t28-,31+,44+/m1/s1. The summed E-state index contributed by atoms with van der Waals surface area (Å²) in [5.74, 6) is 0.823. The summed E-state index contributed by atoms with van der Waals surface area (Å²) < 4.78 is 59.5. The summed E-state index contributed by atoms with van der Waals surface area (Å²) >= 11 is 0. The molecule has 1 amide bonds. The second-order valence-electron chi connectivity index (χ2n) is 16.4. The second-order valence-corrected chi connectivity index (χ2v) is 16.4. The average Bonchev–Trinajstić information content (AvgIpc) is 3.82. The van der Waals surface area contributed by atoms with Crippen molar-refractivity contribution in [2.75, 3.05) is 64.5 Å². The van der Waals surface area contributed by atoms with Crippen molar-refractivity contribution in [3.8, 4) is 35.4 Å². The lowest BCUT2D eigenvalue weighted by Gasteiger charge is -2.45. The summed E-state index contributed by atoms with van der Waals surface area (Å²) in [6.45, 7) is 10.5. The van der Waals surface area contributed by atoms with Crippen LogP contribution in [0, 0.1) is 24.0 Å². The molecule has 4 aromatic rings. The Hall–Kier alpha value is -4.97. The number of hydrogen-bond donors (Lipinski definition) is 1. The highest BCUT2D eigenvalue weighted by Crippen LogP contribution is 2.40.